The lowest BCUT2D eigenvalue weighted by atomic mass is 10.1. The van der Waals surface area contributed by atoms with Crippen molar-refractivity contribution in [2.75, 3.05) is 0 Å². The van der Waals surface area contributed by atoms with Crippen molar-refractivity contribution in [2.45, 2.75) is 19.5 Å². The zero-order valence-electron chi connectivity index (χ0n) is 10.5. The number of rotatable bonds is 4. The maximum Gasteiger partial charge on any atom is 0.123 e. The van der Waals surface area contributed by atoms with Crippen LogP contribution in [-0.4, -0.2) is 0 Å². The average molecular weight is 343 g/mol. The predicted octanol–water partition coefficient (Wildman–Crippen LogP) is 5.09. The molecule has 2 rings (SSSR count). The molecule has 2 aromatic carbocycles. The molecule has 0 heterocycles. The third kappa shape index (κ3) is 4.03. The van der Waals surface area contributed by atoms with Gasteiger partial charge in [0.1, 0.15) is 5.82 Å². The van der Waals surface area contributed by atoms with Gasteiger partial charge < -0.3 is 5.32 Å². The zero-order valence-corrected chi connectivity index (χ0v) is 12.8. The molecule has 0 amide bonds. The number of hydrogen-bond donors (Lipinski definition) is 1. The van der Waals surface area contributed by atoms with Crippen LogP contribution in [0.25, 0.3) is 0 Å². The summed E-state index contributed by atoms with van der Waals surface area (Å²) in [4.78, 5) is 0. The van der Waals surface area contributed by atoms with Gasteiger partial charge in [0.2, 0.25) is 0 Å². The Morgan fingerprint density at radius 1 is 1.21 bits per heavy atom. The Kier molecular flexibility index (Phi) is 4.97. The summed E-state index contributed by atoms with van der Waals surface area (Å²) < 4.78 is 13.8. The van der Waals surface area contributed by atoms with E-state index in [1.54, 1.807) is 12.1 Å². The Hall–Kier alpha value is -0.900. The van der Waals surface area contributed by atoms with Crippen LogP contribution in [0, 0.1) is 5.82 Å². The van der Waals surface area contributed by atoms with E-state index in [2.05, 4.69) is 28.2 Å². The van der Waals surface area contributed by atoms with E-state index in [-0.39, 0.29) is 11.9 Å². The van der Waals surface area contributed by atoms with Gasteiger partial charge >= 0.3 is 0 Å². The molecule has 0 saturated carbocycles. The van der Waals surface area contributed by atoms with E-state index in [1.807, 2.05) is 18.2 Å². The first-order valence-corrected chi connectivity index (χ1v) is 7.16. The monoisotopic (exact) mass is 341 g/mol. The number of halogens is 3. The van der Waals surface area contributed by atoms with Crippen LogP contribution in [0.1, 0.15) is 24.1 Å². The van der Waals surface area contributed by atoms with Gasteiger partial charge in [-0.15, -0.1) is 0 Å². The highest BCUT2D eigenvalue weighted by molar-refractivity contribution is 9.10. The molecule has 0 aliphatic heterocycles. The summed E-state index contributed by atoms with van der Waals surface area (Å²) in [6, 6.07) is 12.5. The highest BCUT2D eigenvalue weighted by Gasteiger charge is 2.09. The second-order valence-corrected chi connectivity index (χ2v) is 5.72. The molecule has 1 N–H and O–H groups in total. The molecule has 1 atom stereocenters. The van der Waals surface area contributed by atoms with Crippen LogP contribution in [0.15, 0.2) is 46.9 Å². The van der Waals surface area contributed by atoms with Gasteiger partial charge in [-0.05, 0) is 42.3 Å². The van der Waals surface area contributed by atoms with Gasteiger partial charge in [0.15, 0.2) is 0 Å². The Morgan fingerprint density at radius 2 is 1.89 bits per heavy atom. The van der Waals surface area contributed by atoms with E-state index < -0.39 is 0 Å². The van der Waals surface area contributed by atoms with Crippen molar-refractivity contribution in [3.63, 3.8) is 0 Å². The van der Waals surface area contributed by atoms with Crippen LogP contribution < -0.4 is 5.32 Å². The van der Waals surface area contributed by atoms with Crippen LogP contribution in [0.4, 0.5) is 4.39 Å². The Morgan fingerprint density at radius 3 is 2.53 bits per heavy atom. The third-order valence-electron chi connectivity index (χ3n) is 2.95. The molecule has 0 aliphatic carbocycles. The van der Waals surface area contributed by atoms with Gasteiger partial charge in [0, 0.05) is 22.1 Å². The van der Waals surface area contributed by atoms with Crippen molar-refractivity contribution in [1.29, 1.82) is 0 Å². The molecule has 100 valence electrons. The molecule has 0 bridgehead atoms. The largest absolute Gasteiger partial charge is 0.306 e. The Balaban J connectivity index is 2.01. The lowest BCUT2D eigenvalue weighted by Crippen LogP contribution is -2.18. The SMILES string of the molecule is CC(NCc1ccc(F)cc1)c1ccc(Br)cc1Cl. The summed E-state index contributed by atoms with van der Waals surface area (Å²) in [6.07, 6.45) is 0. The molecule has 0 radical (unpaired) electrons. The molecule has 1 nitrogen and oxygen atoms in total. The van der Waals surface area contributed by atoms with Crippen molar-refractivity contribution in [1.82, 2.24) is 5.32 Å². The highest BCUT2D eigenvalue weighted by Crippen LogP contribution is 2.26. The Labute approximate surface area is 125 Å². The predicted molar refractivity (Wildman–Crippen MR) is 80.8 cm³/mol. The minimum atomic E-state index is -0.215. The number of nitrogens with one attached hydrogen (secondary N) is 1. The summed E-state index contributed by atoms with van der Waals surface area (Å²) in [6.45, 7) is 2.73. The van der Waals surface area contributed by atoms with Crippen LogP contribution in [0.3, 0.4) is 0 Å². The zero-order chi connectivity index (χ0) is 13.8. The molecular weight excluding hydrogens is 329 g/mol. The lowest BCUT2D eigenvalue weighted by Gasteiger charge is -2.16. The van der Waals surface area contributed by atoms with Crippen LogP contribution >= 0.6 is 27.5 Å². The number of benzene rings is 2. The van der Waals surface area contributed by atoms with Crippen molar-refractivity contribution in [3.05, 3.63) is 68.9 Å². The summed E-state index contributed by atoms with van der Waals surface area (Å²) in [5.74, 6) is -0.215. The fourth-order valence-corrected chi connectivity index (χ4v) is 2.67. The average Bonchev–Trinajstić information content (AvgIpc) is 2.37. The molecule has 4 heteroatoms. The van der Waals surface area contributed by atoms with E-state index in [1.165, 1.54) is 12.1 Å². The van der Waals surface area contributed by atoms with E-state index in [0.717, 1.165) is 20.6 Å². The van der Waals surface area contributed by atoms with Gasteiger partial charge in [0.25, 0.3) is 0 Å². The minimum Gasteiger partial charge on any atom is -0.306 e. The van der Waals surface area contributed by atoms with E-state index in [4.69, 9.17) is 11.6 Å². The summed E-state index contributed by atoms with van der Waals surface area (Å²) in [5, 5.41) is 4.10. The summed E-state index contributed by atoms with van der Waals surface area (Å²) in [7, 11) is 0. The smallest absolute Gasteiger partial charge is 0.123 e. The van der Waals surface area contributed by atoms with Crippen molar-refractivity contribution >= 4 is 27.5 Å². The number of hydrogen-bond acceptors (Lipinski definition) is 1. The van der Waals surface area contributed by atoms with Crippen LogP contribution in [-0.2, 0) is 6.54 Å². The lowest BCUT2D eigenvalue weighted by molar-refractivity contribution is 0.573. The standard InChI is InChI=1S/C15H14BrClFN/c1-10(14-7-4-12(16)8-15(14)17)19-9-11-2-5-13(18)6-3-11/h2-8,10,19H,9H2,1H3. The molecule has 1 unspecified atom stereocenters. The summed E-state index contributed by atoms with van der Waals surface area (Å²) in [5.41, 5.74) is 2.09. The highest BCUT2D eigenvalue weighted by atomic mass is 79.9. The second-order valence-electron chi connectivity index (χ2n) is 4.39. The molecule has 0 aliphatic rings. The fraction of sp³-hybridized carbons (Fsp3) is 0.200. The molecule has 0 saturated heterocycles. The molecule has 0 spiro atoms. The van der Waals surface area contributed by atoms with Gasteiger partial charge in [-0.2, -0.15) is 0 Å². The van der Waals surface area contributed by atoms with E-state index in [9.17, 15) is 4.39 Å². The fourth-order valence-electron chi connectivity index (χ4n) is 1.84. The second kappa shape index (κ2) is 6.51. The van der Waals surface area contributed by atoms with Crippen LogP contribution in [0.5, 0.6) is 0 Å². The van der Waals surface area contributed by atoms with E-state index in [0.29, 0.717) is 6.54 Å². The quantitative estimate of drug-likeness (QED) is 0.816. The normalized spacial score (nSPS) is 12.4. The first-order valence-electron chi connectivity index (χ1n) is 5.99. The van der Waals surface area contributed by atoms with Crippen molar-refractivity contribution in [2.24, 2.45) is 0 Å². The van der Waals surface area contributed by atoms with Gasteiger partial charge in [0.05, 0.1) is 0 Å². The maximum atomic E-state index is 12.8. The van der Waals surface area contributed by atoms with E-state index >= 15 is 0 Å². The maximum absolute atomic E-state index is 12.8. The van der Waals surface area contributed by atoms with Gasteiger partial charge in [-0.25, -0.2) is 4.39 Å². The topological polar surface area (TPSA) is 12.0 Å². The first kappa shape index (κ1) is 14.5. The molecular formula is C15H14BrClFN. The Bertz CT molecular complexity index is 557. The van der Waals surface area contributed by atoms with Crippen molar-refractivity contribution in [3.8, 4) is 0 Å². The van der Waals surface area contributed by atoms with Gasteiger partial charge in [-0.3, -0.25) is 0 Å². The van der Waals surface area contributed by atoms with Gasteiger partial charge in [-0.1, -0.05) is 45.7 Å². The minimum absolute atomic E-state index is 0.130. The first-order chi connectivity index (χ1) is 9.06. The molecule has 0 fully saturated rings. The van der Waals surface area contributed by atoms with Crippen LogP contribution in [0.2, 0.25) is 5.02 Å². The molecule has 19 heavy (non-hydrogen) atoms. The molecule has 0 aromatic heterocycles. The molecule has 2 aromatic rings. The van der Waals surface area contributed by atoms with Crippen molar-refractivity contribution < 1.29 is 4.39 Å². The third-order valence-corrected chi connectivity index (χ3v) is 3.78. The summed E-state index contributed by atoms with van der Waals surface area (Å²) >= 11 is 9.59.